The first-order valence-electron chi connectivity index (χ1n) is 8.52. The average Bonchev–Trinajstić information content (AvgIpc) is 2.47. The van der Waals surface area contributed by atoms with Crippen molar-refractivity contribution in [1.29, 1.82) is 0 Å². The molecule has 0 heterocycles. The molecular weight excluding hydrogens is 288 g/mol. The molecule has 0 saturated carbocycles. The Hall–Kier alpha value is -1.71. The average molecular weight is 320 g/mol. The van der Waals surface area contributed by atoms with Gasteiger partial charge in [-0.05, 0) is 44.4 Å². The van der Waals surface area contributed by atoms with Gasteiger partial charge in [-0.2, -0.15) is 0 Å². The molecule has 0 unspecified atom stereocenters. The van der Waals surface area contributed by atoms with E-state index in [2.05, 4.69) is 31.3 Å². The number of hydrogen-bond donors (Lipinski definition) is 1. The van der Waals surface area contributed by atoms with Gasteiger partial charge in [-0.15, -0.1) is 0 Å². The van der Waals surface area contributed by atoms with E-state index in [0.717, 1.165) is 17.8 Å². The van der Waals surface area contributed by atoms with E-state index in [1.807, 2.05) is 32.9 Å². The topological polar surface area (TPSA) is 41.6 Å². The molecule has 1 amide bonds. The molecule has 4 heteroatoms. The summed E-state index contributed by atoms with van der Waals surface area (Å²) >= 11 is 0. The molecule has 23 heavy (non-hydrogen) atoms. The number of benzene rings is 1. The lowest BCUT2D eigenvalue weighted by Crippen LogP contribution is -2.33. The number of nitrogens with one attached hydrogen (secondary N) is 1. The Morgan fingerprint density at radius 3 is 2.48 bits per heavy atom. The predicted molar refractivity (Wildman–Crippen MR) is 96.7 cm³/mol. The number of hydrogen-bond acceptors (Lipinski definition) is 3. The van der Waals surface area contributed by atoms with Crippen LogP contribution in [-0.4, -0.2) is 30.2 Å². The minimum Gasteiger partial charge on any atom is -0.444 e. The molecule has 130 valence electrons. The first kappa shape index (κ1) is 19.3. The summed E-state index contributed by atoms with van der Waals surface area (Å²) in [6.45, 7) is 11.6. The predicted octanol–water partition coefficient (Wildman–Crippen LogP) is 4.90. The third-order valence-electron chi connectivity index (χ3n) is 3.80. The molecule has 0 aliphatic rings. The number of nitrogens with zero attached hydrogens (tertiary/aromatic N) is 1. The fourth-order valence-electron chi connectivity index (χ4n) is 2.30. The van der Waals surface area contributed by atoms with E-state index in [9.17, 15) is 4.79 Å². The lowest BCUT2D eigenvalue weighted by atomic mass is 10.0. The van der Waals surface area contributed by atoms with Crippen molar-refractivity contribution in [2.45, 2.75) is 59.6 Å². The first-order valence-corrected chi connectivity index (χ1v) is 8.52. The SMILES string of the molecule is CCC(CC)CNc1cccc(CN(C)C(=O)OC(C)(C)C)c1. The largest absolute Gasteiger partial charge is 0.444 e. The van der Waals surface area contributed by atoms with Gasteiger partial charge in [-0.1, -0.05) is 38.8 Å². The molecule has 0 spiro atoms. The molecule has 1 aromatic rings. The zero-order valence-electron chi connectivity index (χ0n) is 15.5. The Morgan fingerprint density at radius 1 is 1.26 bits per heavy atom. The second kappa shape index (κ2) is 8.80. The van der Waals surface area contributed by atoms with Crippen LogP contribution >= 0.6 is 0 Å². The van der Waals surface area contributed by atoms with Crippen LogP contribution in [0, 0.1) is 5.92 Å². The number of rotatable bonds is 7. The Bertz CT molecular complexity index is 490. The van der Waals surface area contributed by atoms with Crippen LogP contribution in [0.4, 0.5) is 10.5 Å². The summed E-state index contributed by atoms with van der Waals surface area (Å²) < 4.78 is 5.38. The van der Waals surface area contributed by atoms with Crippen molar-refractivity contribution in [3.8, 4) is 0 Å². The van der Waals surface area contributed by atoms with E-state index >= 15 is 0 Å². The van der Waals surface area contributed by atoms with Crippen LogP contribution in [-0.2, 0) is 11.3 Å². The summed E-state index contributed by atoms with van der Waals surface area (Å²) in [5, 5.41) is 3.49. The highest BCUT2D eigenvalue weighted by Gasteiger charge is 2.19. The maximum Gasteiger partial charge on any atom is 0.410 e. The summed E-state index contributed by atoms with van der Waals surface area (Å²) in [4.78, 5) is 13.6. The number of ether oxygens (including phenoxy) is 1. The van der Waals surface area contributed by atoms with Gasteiger partial charge in [0.2, 0.25) is 0 Å². The van der Waals surface area contributed by atoms with Crippen molar-refractivity contribution in [2.75, 3.05) is 18.9 Å². The molecule has 0 atom stereocenters. The molecule has 1 rings (SSSR count). The molecular formula is C19H32N2O2. The van der Waals surface area contributed by atoms with E-state index in [0.29, 0.717) is 12.5 Å². The standard InChI is InChI=1S/C19H32N2O2/c1-7-15(8-2)13-20-17-11-9-10-16(12-17)14-21(6)18(22)23-19(3,4)5/h9-12,15,20H,7-8,13-14H2,1-6H3. The van der Waals surface area contributed by atoms with Gasteiger partial charge in [0.25, 0.3) is 0 Å². The Balaban J connectivity index is 2.61. The van der Waals surface area contributed by atoms with Gasteiger partial charge in [0.05, 0.1) is 0 Å². The van der Waals surface area contributed by atoms with Crippen molar-refractivity contribution >= 4 is 11.8 Å². The van der Waals surface area contributed by atoms with Crippen LogP contribution in [0.25, 0.3) is 0 Å². The maximum absolute atomic E-state index is 12.0. The number of anilines is 1. The van der Waals surface area contributed by atoms with Gasteiger partial charge in [0.15, 0.2) is 0 Å². The minimum absolute atomic E-state index is 0.298. The Morgan fingerprint density at radius 2 is 1.91 bits per heavy atom. The van der Waals surface area contributed by atoms with E-state index in [1.54, 1.807) is 11.9 Å². The molecule has 0 aliphatic heterocycles. The Labute approximate surface area is 141 Å². The van der Waals surface area contributed by atoms with Crippen LogP contribution in [0.15, 0.2) is 24.3 Å². The molecule has 0 radical (unpaired) electrons. The van der Waals surface area contributed by atoms with Gasteiger partial charge in [0.1, 0.15) is 5.60 Å². The lowest BCUT2D eigenvalue weighted by molar-refractivity contribution is 0.0285. The zero-order chi connectivity index (χ0) is 17.5. The van der Waals surface area contributed by atoms with Crippen molar-refractivity contribution in [3.05, 3.63) is 29.8 Å². The molecule has 1 N–H and O–H groups in total. The molecule has 1 aromatic carbocycles. The van der Waals surface area contributed by atoms with Crippen molar-refractivity contribution in [1.82, 2.24) is 4.90 Å². The molecule has 0 bridgehead atoms. The summed E-state index contributed by atoms with van der Waals surface area (Å²) in [5.41, 5.74) is 1.73. The summed E-state index contributed by atoms with van der Waals surface area (Å²) in [6.07, 6.45) is 2.07. The smallest absolute Gasteiger partial charge is 0.410 e. The second-order valence-corrected chi connectivity index (χ2v) is 7.10. The van der Waals surface area contributed by atoms with E-state index in [1.165, 1.54) is 12.8 Å². The molecule has 4 nitrogen and oxygen atoms in total. The van der Waals surface area contributed by atoms with Crippen LogP contribution in [0.1, 0.15) is 53.0 Å². The quantitative estimate of drug-likeness (QED) is 0.777. The molecule has 0 saturated heterocycles. The summed E-state index contributed by atoms with van der Waals surface area (Å²) in [5.74, 6) is 0.697. The molecule has 0 aliphatic carbocycles. The fourth-order valence-corrected chi connectivity index (χ4v) is 2.30. The molecule has 0 aromatic heterocycles. The summed E-state index contributed by atoms with van der Waals surface area (Å²) in [7, 11) is 1.76. The van der Waals surface area contributed by atoms with Crippen molar-refractivity contribution in [2.24, 2.45) is 5.92 Å². The molecule has 0 fully saturated rings. The van der Waals surface area contributed by atoms with Gasteiger partial charge in [0, 0.05) is 25.8 Å². The van der Waals surface area contributed by atoms with Gasteiger partial charge >= 0.3 is 6.09 Å². The Kier molecular flexibility index (Phi) is 7.40. The maximum atomic E-state index is 12.0. The first-order chi connectivity index (χ1) is 10.7. The fraction of sp³-hybridized carbons (Fsp3) is 0.632. The highest BCUT2D eigenvalue weighted by atomic mass is 16.6. The van der Waals surface area contributed by atoms with Crippen LogP contribution in [0.3, 0.4) is 0 Å². The van der Waals surface area contributed by atoms with E-state index < -0.39 is 5.60 Å². The number of carbonyl (C=O) groups excluding carboxylic acids is 1. The van der Waals surface area contributed by atoms with Crippen LogP contribution < -0.4 is 5.32 Å². The third-order valence-corrected chi connectivity index (χ3v) is 3.80. The van der Waals surface area contributed by atoms with Crippen LogP contribution in [0.2, 0.25) is 0 Å². The van der Waals surface area contributed by atoms with Gasteiger partial charge < -0.3 is 15.0 Å². The lowest BCUT2D eigenvalue weighted by Gasteiger charge is -2.24. The monoisotopic (exact) mass is 320 g/mol. The highest BCUT2D eigenvalue weighted by Crippen LogP contribution is 2.16. The normalized spacial score (nSPS) is 11.4. The third kappa shape index (κ3) is 7.40. The van der Waals surface area contributed by atoms with Gasteiger partial charge in [-0.25, -0.2) is 4.79 Å². The van der Waals surface area contributed by atoms with Crippen molar-refractivity contribution < 1.29 is 9.53 Å². The number of carbonyl (C=O) groups is 1. The van der Waals surface area contributed by atoms with Gasteiger partial charge in [-0.3, -0.25) is 0 Å². The van der Waals surface area contributed by atoms with E-state index in [-0.39, 0.29) is 6.09 Å². The van der Waals surface area contributed by atoms with E-state index in [4.69, 9.17) is 4.74 Å². The highest BCUT2D eigenvalue weighted by molar-refractivity contribution is 5.67. The van der Waals surface area contributed by atoms with Crippen molar-refractivity contribution in [3.63, 3.8) is 0 Å². The summed E-state index contributed by atoms with van der Waals surface area (Å²) in [6, 6.07) is 8.22. The minimum atomic E-state index is -0.468. The number of amides is 1. The van der Waals surface area contributed by atoms with Crippen LogP contribution in [0.5, 0.6) is 0 Å². The zero-order valence-corrected chi connectivity index (χ0v) is 15.5. The second-order valence-electron chi connectivity index (χ2n) is 7.10.